The third kappa shape index (κ3) is 4.66. The average Bonchev–Trinajstić information content (AvgIpc) is 2.70. The number of nitrogen functional groups attached to an aromatic ring is 1. The van der Waals surface area contributed by atoms with Crippen LogP contribution in [0.25, 0.3) is 11.1 Å². The molecule has 0 fully saturated rings. The zero-order valence-electron chi connectivity index (χ0n) is 16.3. The first-order valence-electron chi connectivity index (χ1n) is 9.00. The monoisotopic (exact) mass is 471 g/mol. The second kappa shape index (κ2) is 8.71. The van der Waals surface area contributed by atoms with E-state index in [1.165, 1.54) is 13.0 Å². The van der Waals surface area contributed by atoms with Crippen molar-refractivity contribution in [1.82, 2.24) is 4.98 Å². The molecule has 4 N–H and O–H groups in total. The van der Waals surface area contributed by atoms with Crippen LogP contribution in [0, 0.1) is 11.6 Å². The number of anilines is 2. The molecule has 0 spiro atoms. The van der Waals surface area contributed by atoms with Crippen LogP contribution in [0.2, 0.25) is 5.02 Å². The fraction of sp³-hybridized carbons (Fsp3) is 0.143. The van der Waals surface area contributed by atoms with E-state index in [4.69, 9.17) is 17.3 Å². The normalized spacial score (nSPS) is 12.5. The van der Waals surface area contributed by atoms with Crippen LogP contribution in [0.1, 0.15) is 34.6 Å². The van der Waals surface area contributed by atoms with Gasteiger partial charge in [-0.05, 0) is 48.4 Å². The number of hydrogen-bond donors (Lipinski definition) is 3. The molecule has 5 nitrogen and oxygen atoms in total. The summed E-state index contributed by atoms with van der Waals surface area (Å²) in [5.74, 6) is -2.78. The Balaban J connectivity index is 2.03. The molecule has 1 aromatic heterocycles. The van der Waals surface area contributed by atoms with Crippen molar-refractivity contribution < 1.29 is 31.9 Å². The lowest BCUT2D eigenvalue weighted by atomic mass is 9.94. The number of halogens is 6. The Bertz CT molecular complexity index is 1200. The van der Waals surface area contributed by atoms with Gasteiger partial charge in [-0.2, -0.15) is 13.2 Å². The van der Waals surface area contributed by atoms with Crippen LogP contribution in [0.3, 0.4) is 0 Å². The van der Waals surface area contributed by atoms with Gasteiger partial charge >= 0.3 is 6.18 Å². The summed E-state index contributed by atoms with van der Waals surface area (Å²) in [5, 5.41) is 11.8. The molecule has 0 aliphatic carbocycles. The van der Waals surface area contributed by atoms with Gasteiger partial charge in [0.2, 0.25) is 0 Å². The Morgan fingerprint density at radius 1 is 1.16 bits per heavy atom. The van der Waals surface area contributed by atoms with Crippen LogP contribution in [0.15, 0.2) is 42.6 Å². The lowest BCUT2D eigenvalue weighted by Gasteiger charge is -2.17. The van der Waals surface area contributed by atoms with E-state index in [-0.39, 0.29) is 27.4 Å². The number of aliphatic hydroxyl groups is 1. The van der Waals surface area contributed by atoms with Crippen LogP contribution in [-0.4, -0.2) is 16.0 Å². The average molecular weight is 472 g/mol. The minimum Gasteiger partial charge on any atom is -0.396 e. The van der Waals surface area contributed by atoms with Gasteiger partial charge in [0.15, 0.2) is 5.82 Å². The van der Waals surface area contributed by atoms with Crippen molar-refractivity contribution in [2.45, 2.75) is 19.2 Å². The minimum atomic E-state index is -4.73. The number of hydrogen-bond acceptors (Lipinski definition) is 4. The van der Waals surface area contributed by atoms with Crippen molar-refractivity contribution in [2.75, 3.05) is 11.1 Å². The summed E-state index contributed by atoms with van der Waals surface area (Å²) < 4.78 is 67.1. The molecule has 0 saturated carbocycles. The Hall–Kier alpha value is -3.24. The van der Waals surface area contributed by atoms with E-state index >= 15 is 4.39 Å². The molecule has 0 aliphatic heterocycles. The second-order valence-electron chi connectivity index (χ2n) is 6.80. The number of nitrogens with one attached hydrogen (secondary N) is 1. The fourth-order valence-corrected chi connectivity index (χ4v) is 3.35. The van der Waals surface area contributed by atoms with E-state index in [0.717, 1.165) is 30.5 Å². The zero-order valence-corrected chi connectivity index (χ0v) is 17.0. The highest BCUT2D eigenvalue weighted by Crippen LogP contribution is 2.38. The van der Waals surface area contributed by atoms with Gasteiger partial charge in [0.05, 0.1) is 22.4 Å². The molecule has 3 aromatic rings. The fourth-order valence-electron chi connectivity index (χ4n) is 3.05. The summed E-state index contributed by atoms with van der Waals surface area (Å²) in [7, 11) is 0. The van der Waals surface area contributed by atoms with Gasteiger partial charge in [-0.15, -0.1) is 0 Å². The molecule has 1 unspecified atom stereocenters. The second-order valence-corrected chi connectivity index (χ2v) is 7.20. The number of rotatable bonds is 4. The summed E-state index contributed by atoms with van der Waals surface area (Å²) >= 11 is 6.15. The molecule has 2 aromatic carbocycles. The van der Waals surface area contributed by atoms with Gasteiger partial charge in [-0.1, -0.05) is 17.7 Å². The quantitative estimate of drug-likeness (QED) is 0.342. The van der Waals surface area contributed by atoms with E-state index < -0.39 is 46.8 Å². The molecule has 11 heteroatoms. The first-order chi connectivity index (χ1) is 14.9. The van der Waals surface area contributed by atoms with Gasteiger partial charge in [-0.25, -0.2) is 8.78 Å². The van der Waals surface area contributed by atoms with Gasteiger partial charge in [0, 0.05) is 17.4 Å². The molecule has 168 valence electrons. The highest BCUT2D eigenvalue weighted by Gasteiger charge is 2.33. The van der Waals surface area contributed by atoms with Crippen molar-refractivity contribution in [3.63, 3.8) is 0 Å². The van der Waals surface area contributed by atoms with Crippen molar-refractivity contribution in [2.24, 2.45) is 0 Å². The highest BCUT2D eigenvalue weighted by molar-refractivity contribution is 6.35. The summed E-state index contributed by atoms with van der Waals surface area (Å²) in [4.78, 5) is 15.8. The maximum absolute atomic E-state index is 15.1. The standard InChI is InChI=1S/C21H15ClF5N3O2/c1-9(31)13-6-10(23)2-3-12(13)14-8-15(22)17(19(28)18(14)24)20(32)30-11-4-5-29-16(7-11)21(25,26)27/h2-9,31H,28H2,1H3,(H,29,30,32). The number of pyridine rings is 1. The van der Waals surface area contributed by atoms with E-state index in [0.29, 0.717) is 6.07 Å². The lowest BCUT2D eigenvalue weighted by Crippen LogP contribution is -2.17. The van der Waals surface area contributed by atoms with Crippen LogP contribution in [0.4, 0.5) is 33.3 Å². The van der Waals surface area contributed by atoms with Gasteiger partial charge < -0.3 is 16.2 Å². The largest absolute Gasteiger partial charge is 0.433 e. The summed E-state index contributed by atoms with van der Waals surface area (Å²) in [5.41, 5.74) is 3.09. The third-order valence-electron chi connectivity index (χ3n) is 4.54. The van der Waals surface area contributed by atoms with E-state index in [1.54, 1.807) is 0 Å². The van der Waals surface area contributed by atoms with E-state index in [2.05, 4.69) is 10.3 Å². The van der Waals surface area contributed by atoms with Crippen LogP contribution in [0.5, 0.6) is 0 Å². The molecule has 1 atom stereocenters. The number of alkyl halides is 3. The summed E-state index contributed by atoms with van der Waals surface area (Å²) in [6, 6.07) is 6.06. The van der Waals surface area contributed by atoms with Crippen LogP contribution < -0.4 is 11.1 Å². The molecule has 32 heavy (non-hydrogen) atoms. The van der Waals surface area contributed by atoms with Gasteiger partial charge in [0.25, 0.3) is 5.91 Å². The van der Waals surface area contributed by atoms with E-state index in [1.807, 2.05) is 0 Å². The maximum atomic E-state index is 15.1. The number of benzene rings is 2. The molecule has 3 rings (SSSR count). The SMILES string of the molecule is CC(O)c1cc(F)ccc1-c1cc(Cl)c(C(=O)Nc2ccnc(C(F)(F)F)c2)c(N)c1F. The van der Waals surface area contributed by atoms with Crippen molar-refractivity contribution in [3.05, 3.63) is 76.1 Å². The number of amides is 1. The Morgan fingerprint density at radius 2 is 1.84 bits per heavy atom. The number of carbonyl (C=O) groups excluding carboxylic acids is 1. The summed E-state index contributed by atoms with van der Waals surface area (Å²) in [6.45, 7) is 1.35. The number of aromatic nitrogens is 1. The van der Waals surface area contributed by atoms with Gasteiger partial charge in [0.1, 0.15) is 11.5 Å². The molecular weight excluding hydrogens is 457 g/mol. The van der Waals surface area contributed by atoms with Crippen molar-refractivity contribution in [1.29, 1.82) is 0 Å². The minimum absolute atomic E-state index is 0.0630. The third-order valence-corrected chi connectivity index (χ3v) is 4.84. The smallest absolute Gasteiger partial charge is 0.396 e. The molecule has 0 bridgehead atoms. The van der Waals surface area contributed by atoms with Crippen LogP contribution >= 0.6 is 11.6 Å². The predicted molar refractivity (Wildman–Crippen MR) is 109 cm³/mol. The summed E-state index contributed by atoms with van der Waals surface area (Å²) in [6.07, 6.45) is -5.04. The molecule has 1 amide bonds. The number of aliphatic hydroxyl groups excluding tert-OH is 1. The molecular formula is C21H15ClF5N3O2. The molecule has 0 aliphatic rings. The number of carbonyl (C=O) groups is 1. The van der Waals surface area contributed by atoms with Crippen molar-refractivity contribution in [3.8, 4) is 11.1 Å². The molecule has 0 radical (unpaired) electrons. The van der Waals surface area contributed by atoms with Crippen LogP contribution in [-0.2, 0) is 6.18 Å². The Morgan fingerprint density at radius 3 is 2.47 bits per heavy atom. The predicted octanol–water partition coefficient (Wildman–Crippen LogP) is 5.59. The maximum Gasteiger partial charge on any atom is 0.433 e. The topological polar surface area (TPSA) is 88.2 Å². The highest BCUT2D eigenvalue weighted by atomic mass is 35.5. The first-order valence-corrected chi connectivity index (χ1v) is 9.38. The van der Waals surface area contributed by atoms with Gasteiger partial charge in [-0.3, -0.25) is 9.78 Å². The van der Waals surface area contributed by atoms with Crippen molar-refractivity contribution >= 4 is 28.9 Å². The molecule has 0 saturated heterocycles. The molecule has 1 heterocycles. The number of nitrogens with zero attached hydrogens (tertiary/aromatic N) is 1. The van der Waals surface area contributed by atoms with E-state index in [9.17, 15) is 27.5 Å². The lowest BCUT2D eigenvalue weighted by molar-refractivity contribution is -0.141. The first kappa shape index (κ1) is 23.4. The number of nitrogens with two attached hydrogens (primary N) is 1. The Kier molecular flexibility index (Phi) is 6.38. The zero-order chi connectivity index (χ0) is 23.8. The Labute approximate surface area is 183 Å².